The number of piperidine rings is 1. The number of nitrogens with one attached hydrogen (secondary N) is 1. The Morgan fingerprint density at radius 2 is 2.05 bits per heavy atom. The Morgan fingerprint density at radius 3 is 2.75 bits per heavy atom. The van der Waals surface area contributed by atoms with Gasteiger partial charge in [-0.15, -0.1) is 0 Å². The Kier molecular flexibility index (Phi) is 5.68. The molecule has 0 aliphatic carbocycles. The Morgan fingerprint density at radius 1 is 1.30 bits per heavy atom. The van der Waals surface area contributed by atoms with Gasteiger partial charge in [0.25, 0.3) is 5.91 Å². The molecule has 20 heavy (non-hydrogen) atoms. The van der Waals surface area contributed by atoms with Gasteiger partial charge >= 0.3 is 0 Å². The number of likely N-dealkylation sites (tertiary alicyclic amines) is 1. The Hall–Kier alpha value is -1.26. The highest BCUT2D eigenvalue weighted by molar-refractivity contribution is 6.33. The topological polar surface area (TPSA) is 58.4 Å². The minimum Gasteiger partial charge on any atom is -0.398 e. The van der Waals surface area contributed by atoms with E-state index < -0.39 is 0 Å². The van der Waals surface area contributed by atoms with Crippen LogP contribution >= 0.6 is 11.6 Å². The summed E-state index contributed by atoms with van der Waals surface area (Å²) in [7, 11) is 0. The van der Waals surface area contributed by atoms with Crippen LogP contribution in [0.25, 0.3) is 0 Å². The zero-order valence-electron chi connectivity index (χ0n) is 11.7. The smallest absolute Gasteiger partial charge is 0.251 e. The second kappa shape index (κ2) is 7.50. The summed E-state index contributed by atoms with van der Waals surface area (Å²) < 4.78 is 0. The average molecular weight is 296 g/mol. The lowest BCUT2D eigenvalue weighted by molar-refractivity contribution is 0.0951. The maximum absolute atomic E-state index is 11.9. The highest BCUT2D eigenvalue weighted by Crippen LogP contribution is 2.19. The van der Waals surface area contributed by atoms with Crippen LogP contribution in [0.15, 0.2) is 18.2 Å². The number of hydrogen-bond donors (Lipinski definition) is 2. The zero-order chi connectivity index (χ0) is 14.4. The average Bonchev–Trinajstić information content (AvgIpc) is 2.47. The molecule has 1 heterocycles. The first-order valence-corrected chi connectivity index (χ1v) is 7.60. The van der Waals surface area contributed by atoms with E-state index in [0.29, 0.717) is 22.8 Å². The molecule has 0 radical (unpaired) electrons. The lowest BCUT2D eigenvalue weighted by Crippen LogP contribution is -2.33. The maximum atomic E-state index is 11.9. The van der Waals surface area contributed by atoms with Crippen molar-refractivity contribution in [2.45, 2.75) is 25.7 Å². The van der Waals surface area contributed by atoms with E-state index in [1.165, 1.54) is 32.4 Å². The predicted molar refractivity (Wildman–Crippen MR) is 83.1 cm³/mol. The van der Waals surface area contributed by atoms with E-state index in [4.69, 9.17) is 17.3 Å². The van der Waals surface area contributed by atoms with Crippen LogP contribution in [0, 0.1) is 0 Å². The summed E-state index contributed by atoms with van der Waals surface area (Å²) in [4.78, 5) is 14.4. The molecule has 1 amide bonds. The first-order valence-electron chi connectivity index (χ1n) is 7.22. The van der Waals surface area contributed by atoms with Gasteiger partial charge in [-0.25, -0.2) is 0 Å². The molecule has 1 aromatic carbocycles. The summed E-state index contributed by atoms with van der Waals surface area (Å²) in [6.45, 7) is 4.14. The van der Waals surface area contributed by atoms with E-state index in [9.17, 15) is 4.79 Å². The van der Waals surface area contributed by atoms with Crippen LogP contribution in [0.3, 0.4) is 0 Å². The summed E-state index contributed by atoms with van der Waals surface area (Å²) in [6, 6.07) is 4.96. The second-order valence-corrected chi connectivity index (χ2v) is 5.66. The first kappa shape index (κ1) is 15.1. The lowest BCUT2D eigenvalue weighted by atomic mass is 10.1. The monoisotopic (exact) mass is 295 g/mol. The van der Waals surface area contributed by atoms with Gasteiger partial charge in [0.15, 0.2) is 0 Å². The predicted octanol–water partition coefficient (Wildman–Crippen LogP) is 2.53. The van der Waals surface area contributed by atoms with Gasteiger partial charge in [-0.1, -0.05) is 18.0 Å². The van der Waals surface area contributed by atoms with Crippen LogP contribution in [-0.2, 0) is 0 Å². The minimum atomic E-state index is -0.0907. The van der Waals surface area contributed by atoms with E-state index in [1.54, 1.807) is 18.2 Å². The molecule has 1 aromatic rings. The third-order valence-electron chi connectivity index (χ3n) is 3.64. The molecule has 0 atom stereocenters. The molecule has 2 rings (SSSR count). The van der Waals surface area contributed by atoms with Crippen LogP contribution in [0.5, 0.6) is 0 Å². The summed E-state index contributed by atoms with van der Waals surface area (Å²) in [5.74, 6) is -0.0907. The van der Waals surface area contributed by atoms with Crippen molar-refractivity contribution in [3.05, 3.63) is 28.8 Å². The fourth-order valence-electron chi connectivity index (χ4n) is 2.47. The van der Waals surface area contributed by atoms with Gasteiger partial charge in [0, 0.05) is 12.1 Å². The standard InChI is InChI=1S/C15H22ClN3O/c16-13-6-5-12(11-14(13)17)15(20)18-7-4-10-19-8-2-1-3-9-19/h5-6,11H,1-4,7-10,17H2,(H,18,20). The quantitative estimate of drug-likeness (QED) is 0.648. The number of halogens is 1. The molecule has 0 aromatic heterocycles. The van der Waals surface area contributed by atoms with E-state index in [1.807, 2.05) is 0 Å². The van der Waals surface area contributed by atoms with Crippen molar-refractivity contribution < 1.29 is 4.79 Å². The summed E-state index contributed by atoms with van der Waals surface area (Å²) in [6.07, 6.45) is 4.94. The van der Waals surface area contributed by atoms with Gasteiger partial charge in [-0.3, -0.25) is 4.79 Å². The van der Waals surface area contributed by atoms with Crippen molar-refractivity contribution in [2.75, 3.05) is 31.9 Å². The molecule has 1 aliphatic rings. The number of nitrogens with zero attached hydrogens (tertiary/aromatic N) is 1. The van der Waals surface area contributed by atoms with Crippen LogP contribution in [-0.4, -0.2) is 37.0 Å². The number of hydrogen-bond acceptors (Lipinski definition) is 3. The Labute approximate surface area is 125 Å². The van der Waals surface area contributed by atoms with Gasteiger partial charge < -0.3 is 16.0 Å². The normalized spacial score (nSPS) is 16.1. The first-order chi connectivity index (χ1) is 9.66. The van der Waals surface area contributed by atoms with E-state index >= 15 is 0 Å². The Balaban J connectivity index is 1.70. The number of benzene rings is 1. The minimum absolute atomic E-state index is 0.0907. The molecule has 5 heteroatoms. The molecule has 0 spiro atoms. The number of carbonyl (C=O) groups is 1. The Bertz CT molecular complexity index is 458. The number of rotatable bonds is 5. The van der Waals surface area contributed by atoms with Gasteiger partial charge in [0.05, 0.1) is 10.7 Å². The zero-order valence-corrected chi connectivity index (χ0v) is 12.5. The van der Waals surface area contributed by atoms with Gasteiger partial charge in [0.2, 0.25) is 0 Å². The number of nitrogens with two attached hydrogens (primary N) is 1. The molecule has 0 saturated carbocycles. The second-order valence-electron chi connectivity index (χ2n) is 5.25. The SMILES string of the molecule is Nc1cc(C(=O)NCCCN2CCCCC2)ccc1Cl. The van der Waals surface area contributed by atoms with Crippen LogP contribution in [0.4, 0.5) is 5.69 Å². The van der Waals surface area contributed by atoms with Gasteiger partial charge in [-0.05, 0) is 57.1 Å². The van der Waals surface area contributed by atoms with Crippen LogP contribution < -0.4 is 11.1 Å². The molecule has 0 bridgehead atoms. The summed E-state index contributed by atoms with van der Waals surface area (Å²) in [5.41, 5.74) is 6.69. The lowest BCUT2D eigenvalue weighted by Gasteiger charge is -2.26. The maximum Gasteiger partial charge on any atom is 0.251 e. The highest BCUT2D eigenvalue weighted by atomic mass is 35.5. The number of amides is 1. The molecule has 3 N–H and O–H groups in total. The third-order valence-corrected chi connectivity index (χ3v) is 3.99. The van der Waals surface area contributed by atoms with Gasteiger partial charge in [-0.2, -0.15) is 0 Å². The van der Waals surface area contributed by atoms with Crippen LogP contribution in [0.1, 0.15) is 36.0 Å². The number of nitrogen functional groups attached to an aromatic ring is 1. The highest BCUT2D eigenvalue weighted by Gasteiger charge is 2.10. The molecule has 0 unspecified atom stereocenters. The van der Waals surface area contributed by atoms with Crippen molar-refractivity contribution in [3.8, 4) is 0 Å². The van der Waals surface area contributed by atoms with Crippen LogP contribution in [0.2, 0.25) is 5.02 Å². The van der Waals surface area contributed by atoms with Gasteiger partial charge in [0.1, 0.15) is 0 Å². The van der Waals surface area contributed by atoms with E-state index in [2.05, 4.69) is 10.2 Å². The fraction of sp³-hybridized carbons (Fsp3) is 0.533. The molecular formula is C15H22ClN3O. The molecule has 1 saturated heterocycles. The third kappa shape index (κ3) is 4.39. The van der Waals surface area contributed by atoms with E-state index in [0.717, 1.165) is 13.0 Å². The molecule has 110 valence electrons. The largest absolute Gasteiger partial charge is 0.398 e. The number of carbonyl (C=O) groups excluding carboxylic acids is 1. The molecule has 1 fully saturated rings. The molecular weight excluding hydrogens is 274 g/mol. The summed E-state index contributed by atoms with van der Waals surface area (Å²) in [5, 5.41) is 3.40. The van der Waals surface area contributed by atoms with Crippen molar-refractivity contribution in [2.24, 2.45) is 0 Å². The summed E-state index contributed by atoms with van der Waals surface area (Å²) >= 11 is 5.84. The fourth-order valence-corrected chi connectivity index (χ4v) is 2.59. The van der Waals surface area contributed by atoms with Crippen molar-refractivity contribution in [3.63, 3.8) is 0 Å². The van der Waals surface area contributed by atoms with E-state index in [-0.39, 0.29) is 5.91 Å². The molecule has 4 nitrogen and oxygen atoms in total. The van der Waals surface area contributed by atoms with Crippen molar-refractivity contribution >= 4 is 23.2 Å². The van der Waals surface area contributed by atoms with Crippen molar-refractivity contribution in [1.82, 2.24) is 10.2 Å². The molecule has 1 aliphatic heterocycles. The number of anilines is 1. The van der Waals surface area contributed by atoms with Crippen molar-refractivity contribution in [1.29, 1.82) is 0 Å².